The SMILES string of the molecule is c1ccc2c(c1)c1ccccc1n2-c1cnc(C2(c3ncc(-n4c5ccccc5c5ccccc54)cn3)C3CC4CC(C3)CC2C4)nc1. The zero-order valence-corrected chi connectivity index (χ0v) is 26.6. The molecule has 0 amide bonds. The summed E-state index contributed by atoms with van der Waals surface area (Å²) in [6, 6.07) is 34.4. The Bertz CT molecular complexity index is 2230. The van der Waals surface area contributed by atoms with E-state index in [1.807, 2.05) is 24.8 Å². The van der Waals surface area contributed by atoms with E-state index in [1.54, 1.807) is 0 Å². The number of para-hydroxylation sites is 4. The van der Waals surface area contributed by atoms with Crippen molar-refractivity contribution in [3.05, 3.63) is 133 Å². The molecule has 4 aliphatic rings. The average molecular weight is 623 g/mol. The van der Waals surface area contributed by atoms with Crippen LogP contribution in [-0.4, -0.2) is 29.1 Å². The summed E-state index contributed by atoms with van der Waals surface area (Å²) in [5.74, 6) is 4.29. The molecule has 0 radical (unpaired) electrons. The molecular formula is C42H34N6. The number of nitrogens with zero attached hydrogens (tertiary/aromatic N) is 6. The van der Waals surface area contributed by atoms with Gasteiger partial charge in [-0.2, -0.15) is 0 Å². The molecule has 0 saturated heterocycles. The second-order valence-corrected chi connectivity index (χ2v) is 14.4. The van der Waals surface area contributed by atoms with Gasteiger partial charge < -0.3 is 9.13 Å². The Labute approximate surface area is 278 Å². The fourth-order valence-corrected chi connectivity index (χ4v) is 10.5. The normalized spacial score (nSPS) is 22.8. The van der Waals surface area contributed by atoms with Crippen molar-refractivity contribution in [2.45, 2.75) is 37.5 Å². The maximum Gasteiger partial charge on any atom is 0.142 e. The molecule has 48 heavy (non-hydrogen) atoms. The van der Waals surface area contributed by atoms with Gasteiger partial charge in [0.05, 0.1) is 63.6 Å². The van der Waals surface area contributed by atoms with Crippen LogP contribution in [0.3, 0.4) is 0 Å². The van der Waals surface area contributed by atoms with Crippen LogP contribution in [0.2, 0.25) is 0 Å². The number of aromatic nitrogens is 6. The summed E-state index contributed by atoms with van der Waals surface area (Å²) >= 11 is 0. The van der Waals surface area contributed by atoms with Gasteiger partial charge in [-0.15, -0.1) is 0 Å². The van der Waals surface area contributed by atoms with Crippen molar-refractivity contribution in [3.8, 4) is 11.4 Å². The Kier molecular flexibility index (Phi) is 5.46. The van der Waals surface area contributed by atoms with E-state index in [2.05, 4.69) is 106 Å². The smallest absolute Gasteiger partial charge is 0.142 e. The second kappa shape index (κ2) is 9.83. The summed E-state index contributed by atoms with van der Waals surface area (Å²) in [6.07, 6.45) is 14.4. The molecule has 4 heterocycles. The lowest BCUT2D eigenvalue weighted by molar-refractivity contribution is -0.0491. The number of benzene rings is 4. The van der Waals surface area contributed by atoms with E-state index in [-0.39, 0.29) is 5.41 Å². The first kappa shape index (κ1) is 26.7. The van der Waals surface area contributed by atoms with E-state index in [0.717, 1.165) is 34.9 Å². The van der Waals surface area contributed by atoms with Crippen molar-refractivity contribution in [1.82, 2.24) is 29.1 Å². The predicted octanol–water partition coefficient (Wildman–Crippen LogP) is 9.20. The van der Waals surface area contributed by atoms with Gasteiger partial charge in [0.1, 0.15) is 11.6 Å². The molecule has 6 heteroatoms. The predicted molar refractivity (Wildman–Crippen MR) is 191 cm³/mol. The third-order valence-electron chi connectivity index (χ3n) is 12.1. The lowest BCUT2D eigenvalue weighted by Gasteiger charge is -2.59. The van der Waals surface area contributed by atoms with Gasteiger partial charge in [0, 0.05) is 21.5 Å². The topological polar surface area (TPSA) is 61.4 Å². The molecule has 4 saturated carbocycles. The molecule has 4 aromatic heterocycles. The molecule has 0 N–H and O–H groups in total. The molecule has 4 aliphatic carbocycles. The van der Waals surface area contributed by atoms with E-state index in [4.69, 9.17) is 19.9 Å². The van der Waals surface area contributed by atoms with Gasteiger partial charge in [-0.05, 0) is 80.0 Å². The second-order valence-electron chi connectivity index (χ2n) is 14.4. The summed E-state index contributed by atoms with van der Waals surface area (Å²) in [5, 5.41) is 4.97. The Balaban J connectivity index is 1.07. The fourth-order valence-electron chi connectivity index (χ4n) is 10.5. The molecular weight excluding hydrogens is 589 g/mol. The standard InChI is InChI=1S/C42H34N6/c1-5-13-36-32(9-1)33-10-2-6-14-37(33)47(36)30-22-43-40(44-23-30)42(28-18-26-17-27(20-28)21-29(42)19-26)41-45-24-31(25-46-41)48-38-15-7-3-11-34(38)35-12-4-8-16-39(35)48/h1-16,22-29H,17-21H2. The van der Waals surface area contributed by atoms with Gasteiger partial charge in [-0.3, -0.25) is 0 Å². The summed E-state index contributed by atoms with van der Waals surface area (Å²) in [4.78, 5) is 21.1. The van der Waals surface area contributed by atoms with Gasteiger partial charge >= 0.3 is 0 Å². The van der Waals surface area contributed by atoms with Gasteiger partial charge in [-0.25, -0.2) is 19.9 Å². The number of hydrogen-bond donors (Lipinski definition) is 0. The highest BCUT2D eigenvalue weighted by atomic mass is 15.1. The summed E-state index contributed by atoms with van der Waals surface area (Å²) in [5.41, 5.74) is 6.26. The van der Waals surface area contributed by atoms with Crippen LogP contribution in [0.1, 0.15) is 43.8 Å². The van der Waals surface area contributed by atoms with E-state index in [9.17, 15) is 0 Å². The number of hydrogen-bond acceptors (Lipinski definition) is 4. The van der Waals surface area contributed by atoms with Crippen LogP contribution in [0.25, 0.3) is 55.0 Å². The first-order valence-electron chi connectivity index (χ1n) is 17.4. The van der Waals surface area contributed by atoms with Crippen LogP contribution >= 0.6 is 0 Å². The van der Waals surface area contributed by atoms with Gasteiger partial charge in [0.15, 0.2) is 0 Å². The Morgan fingerprint density at radius 2 is 0.729 bits per heavy atom. The summed E-state index contributed by atoms with van der Waals surface area (Å²) < 4.78 is 4.60. The van der Waals surface area contributed by atoms with Crippen molar-refractivity contribution >= 4 is 43.6 Å². The molecule has 8 aromatic rings. The minimum Gasteiger partial charge on any atom is -0.306 e. The third-order valence-corrected chi connectivity index (χ3v) is 12.1. The number of rotatable bonds is 4. The molecule has 4 bridgehead atoms. The van der Waals surface area contributed by atoms with Crippen LogP contribution in [0.4, 0.5) is 0 Å². The third kappa shape index (κ3) is 3.52. The molecule has 0 unspecified atom stereocenters. The van der Waals surface area contributed by atoms with Crippen molar-refractivity contribution in [1.29, 1.82) is 0 Å². The van der Waals surface area contributed by atoms with Crippen molar-refractivity contribution in [3.63, 3.8) is 0 Å². The zero-order valence-electron chi connectivity index (χ0n) is 26.6. The van der Waals surface area contributed by atoms with Crippen LogP contribution in [-0.2, 0) is 5.41 Å². The maximum atomic E-state index is 5.28. The van der Waals surface area contributed by atoms with Gasteiger partial charge in [-0.1, -0.05) is 72.8 Å². The zero-order chi connectivity index (χ0) is 31.4. The average Bonchev–Trinajstić information content (AvgIpc) is 3.65. The highest BCUT2D eigenvalue weighted by Crippen LogP contribution is 2.64. The number of fused-ring (bicyclic) bond motifs is 6. The lowest BCUT2D eigenvalue weighted by Crippen LogP contribution is -2.57. The molecule has 0 spiro atoms. The fraction of sp³-hybridized carbons (Fsp3) is 0.238. The maximum absolute atomic E-state index is 5.28. The van der Waals surface area contributed by atoms with E-state index in [1.165, 1.54) is 75.7 Å². The van der Waals surface area contributed by atoms with Gasteiger partial charge in [0.2, 0.25) is 0 Å². The van der Waals surface area contributed by atoms with Crippen molar-refractivity contribution in [2.24, 2.45) is 23.7 Å². The van der Waals surface area contributed by atoms with Crippen LogP contribution < -0.4 is 0 Å². The molecule has 6 nitrogen and oxygen atoms in total. The summed E-state index contributed by atoms with van der Waals surface area (Å²) in [6.45, 7) is 0. The molecule has 12 rings (SSSR count). The van der Waals surface area contributed by atoms with Crippen LogP contribution in [0, 0.1) is 23.7 Å². The Morgan fingerprint density at radius 1 is 0.417 bits per heavy atom. The highest BCUT2D eigenvalue weighted by molar-refractivity contribution is 6.10. The first-order chi connectivity index (χ1) is 23.8. The molecule has 4 aromatic carbocycles. The lowest BCUT2D eigenvalue weighted by atomic mass is 9.44. The Hall–Kier alpha value is -5.36. The molecule has 4 fully saturated rings. The minimum absolute atomic E-state index is 0.383. The van der Waals surface area contributed by atoms with Crippen molar-refractivity contribution < 1.29 is 0 Å². The van der Waals surface area contributed by atoms with E-state index < -0.39 is 0 Å². The highest BCUT2D eigenvalue weighted by Gasteiger charge is 2.61. The van der Waals surface area contributed by atoms with Crippen LogP contribution in [0.5, 0.6) is 0 Å². The van der Waals surface area contributed by atoms with E-state index in [0.29, 0.717) is 11.8 Å². The van der Waals surface area contributed by atoms with Crippen LogP contribution in [0.15, 0.2) is 122 Å². The largest absolute Gasteiger partial charge is 0.306 e. The van der Waals surface area contributed by atoms with Gasteiger partial charge in [0.25, 0.3) is 0 Å². The molecule has 232 valence electrons. The quantitative estimate of drug-likeness (QED) is 0.196. The minimum atomic E-state index is -0.383. The molecule has 0 atom stereocenters. The van der Waals surface area contributed by atoms with Crippen molar-refractivity contribution in [2.75, 3.05) is 0 Å². The van der Waals surface area contributed by atoms with E-state index >= 15 is 0 Å². The Morgan fingerprint density at radius 3 is 1.06 bits per heavy atom. The molecule has 0 aliphatic heterocycles. The summed E-state index contributed by atoms with van der Waals surface area (Å²) in [7, 11) is 0. The monoisotopic (exact) mass is 622 g/mol. The first-order valence-corrected chi connectivity index (χ1v) is 17.4.